The van der Waals surface area contributed by atoms with Gasteiger partial charge in [-0.1, -0.05) is 12.6 Å². The Hall–Kier alpha value is -0.133. The topological polar surface area (TPSA) is 0 Å². The Labute approximate surface area is 63.6 Å². The predicted octanol–water partition coefficient (Wildman–Crippen LogP) is 2.74. The molecule has 0 bridgehead atoms. The number of halogens is 5. The summed E-state index contributed by atoms with van der Waals surface area (Å²) in [6.45, 7) is 1.59. The van der Waals surface area contributed by atoms with Gasteiger partial charge in [0.2, 0.25) is 0 Å². The lowest BCUT2D eigenvalue weighted by Gasteiger charge is -2.18. The Morgan fingerprint density at radius 3 is 1.82 bits per heavy atom. The molecular formula is C5H7F5Si. The quantitative estimate of drug-likeness (QED) is 0.474. The van der Waals surface area contributed by atoms with E-state index < -0.39 is 18.5 Å². The minimum Gasteiger partial charge on any atom is -0.196 e. The van der Waals surface area contributed by atoms with Crippen LogP contribution in [0.2, 0.25) is 12.6 Å². The molecule has 0 nitrogen and oxygen atoms in total. The maximum atomic E-state index is 12.0. The highest BCUT2D eigenvalue weighted by Gasteiger charge is 2.56. The molecule has 0 saturated heterocycles. The second-order valence-corrected chi connectivity index (χ2v) is 3.26. The minimum atomic E-state index is -5.38. The van der Waals surface area contributed by atoms with Crippen LogP contribution in [0.3, 0.4) is 0 Å². The number of rotatable bonds is 3. The van der Waals surface area contributed by atoms with Crippen LogP contribution in [0.15, 0.2) is 0 Å². The van der Waals surface area contributed by atoms with Crippen molar-refractivity contribution in [2.45, 2.75) is 31.1 Å². The van der Waals surface area contributed by atoms with E-state index in [-0.39, 0.29) is 15.6 Å². The van der Waals surface area contributed by atoms with Gasteiger partial charge in [0.15, 0.2) is 0 Å². The van der Waals surface area contributed by atoms with Gasteiger partial charge in [-0.2, -0.15) is 22.0 Å². The fourth-order valence-corrected chi connectivity index (χ4v) is 0.988. The Bertz CT molecular complexity index is 119. The molecule has 66 valence electrons. The summed E-state index contributed by atoms with van der Waals surface area (Å²) >= 11 is 0. The zero-order valence-corrected chi connectivity index (χ0v) is 6.80. The maximum Gasteiger partial charge on any atom is 0.453 e. The van der Waals surface area contributed by atoms with Gasteiger partial charge in [0.1, 0.15) is 0 Å². The molecule has 0 amide bonds. The molecule has 0 fully saturated rings. The van der Waals surface area contributed by atoms with Crippen molar-refractivity contribution in [3.8, 4) is 0 Å². The fourth-order valence-electron chi connectivity index (χ4n) is 0.424. The van der Waals surface area contributed by atoms with Gasteiger partial charge in [0, 0.05) is 15.9 Å². The summed E-state index contributed by atoms with van der Waals surface area (Å²) in [4.78, 5) is 0. The molecule has 0 heterocycles. The van der Waals surface area contributed by atoms with E-state index in [0.717, 1.165) is 0 Å². The second kappa shape index (κ2) is 3.51. The zero-order chi connectivity index (χ0) is 9.12. The van der Waals surface area contributed by atoms with Gasteiger partial charge in [0.05, 0.1) is 0 Å². The number of hydrogen-bond donors (Lipinski definition) is 0. The van der Waals surface area contributed by atoms with Gasteiger partial charge >= 0.3 is 12.1 Å². The van der Waals surface area contributed by atoms with Crippen molar-refractivity contribution in [3.63, 3.8) is 0 Å². The average molecular weight is 190 g/mol. The molecule has 11 heavy (non-hydrogen) atoms. The van der Waals surface area contributed by atoms with Crippen LogP contribution in [0.4, 0.5) is 22.0 Å². The molecule has 0 aromatic rings. The smallest absolute Gasteiger partial charge is 0.196 e. The largest absolute Gasteiger partial charge is 0.453 e. The van der Waals surface area contributed by atoms with E-state index in [4.69, 9.17) is 0 Å². The Morgan fingerprint density at radius 1 is 1.09 bits per heavy atom. The molecule has 2 radical (unpaired) electrons. The fraction of sp³-hybridized carbons (Fsp3) is 1.00. The summed E-state index contributed by atoms with van der Waals surface area (Å²) in [5, 5.41) is 0. The average Bonchev–Trinajstić information content (AvgIpc) is 1.81. The maximum absolute atomic E-state index is 12.0. The van der Waals surface area contributed by atoms with Crippen LogP contribution in [-0.2, 0) is 0 Å². The van der Waals surface area contributed by atoms with Crippen LogP contribution in [-0.4, -0.2) is 21.6 Å². The highest BCUT2D eigenvalue weighted by molar-refractivity contribution is 6.33. The van der Waals surface area contributed by atoms with Crippen LogP contribution in [0.5, 0.6) is 0 Å². The first-order chi connectivity index (χ1) is 4.81. The van der Waals surface area contributed by atoms with Gasteiger partial charge < -0.3 is 0 Å². The summed E-state index contributed by atoms with van der Waals surface area (Å²) in [7, 11) is 0.130. The lowest BCUT2D eigenvalue weighted by Crippen LogP contribution is -2.36. The first-order valence-corrected chi connectivity index (χ1v) is 4.61. The third kappa shape index (κ3) is 3.18. The van der Waals surface area contributed by atoms with Crippen molar-refractivity contribution in [2.75, 3.05) is 0 Å². The summed E-state index contributed by atoms with van der Waals surface area (Å²) < 4.78 is 58.2. The van der Waals surface area contributed by atoms with E-state index in [2.05, 4.69) is 0 Å². The van der Waals surface area contributed by atoms with Gasteiger partial charge in [-0.15, -0.1) is 0 Å². The summed E-state index contributed by atoms with van der Waals surface area (Å²) in [6, 6.07) is -0.0769. The molecule has 0 N–H and O–H groups in total. The van der Waals surface area contributed by atoms with Crippen LogP contribution < -0.4 is 0 Å². The number of hydrogen-bond acceptors (Lipinski definition) is 0. The highest BCUT2D eigenvalue weighted by atomic mass is 28.2. The van der Waals surface area contributed by atoms with Gasteiger partial charge in [0.25, 0.3) is 0 Å². The lowest BCUT2D eigenvalue weighted by molar-refractivity contribution is -0.282. The van der Waals surface area contributed by atoms with Crippen LogP contribution in [0.1, 0.15) is 6.42 Å². The molecule has 0 aliphatic rings. The van der Waals surface area contributed by atoms with E-state index >= 15 is 0 Å². The van der Waals surface area contributed by atoms with Crippen molar-refractivity contribution < 1.29 is 22.0 Å². The van der Waals surface area contributed by atoms with Gasteiger partial charge in [-0.05, 0) is 0 Å². The highest BCUT2D eigenvalue weighted by Crippen LogP contribution is 2.38. The SMILES string of the molecule is C[Si]CCC(F)(F)C(F)(F)F. The van der Waals surface area contributed by atoms with Crippen LogP contribution in [0.25, 0.3) is 0 Å². The molecule has 0 spiro atoms. The van der Waals surface area contributed by atoms with Crippen molar-refractivity contribution in [1.82, 2.24) is 0 Å². The van der Waals surface area contributed by atoms with Crippen molar-refractivity contribution in [2.24, 2.45) is 0 Å². The van der Waals surface area contributed by atoms with E-state index in [1.165, 1.54) is 0 Å². The third-order valence-electron chi connectivity index (χ3n) is 1.10. The Kier molecular flexibility index (Phi) is 3.47. The van der Waals surface area contributed by atoms with Crippen molar-refractivity contribution in [3.05, 3.63) is 0 Å². The molecule has 0 aromatic heterocycles. The summed E-state index contributed by atoms with van der Waals surface area (Å²) in [5.74, 6) is -4.50. The second-order valence-electron chi connectivity index (χ2n) is 2.06. The lowest BCUT2D eigenvalue weighted by atomic mass is 10.2. The molecule has 6 heteroatoms. The first-order valence-electron chi connectivity index (χ1n) is 2.90. The molecule has 0 rings (SSSR count). The molecule has 0 saturated carbocycles. The third-order valence-corrected chi connectivity index (χ3v) is 1.85. The van der Waals surface area contributed by atoms with Gasteiger partial charge in [-0.3, -0.25) is 0 Å². The first kappa shape index (κ1) is 10.9. The minimum absolute atomic E-state index is 0.0769. The molecular weight excluding hydrogens is 183 g/mol. The van der Waals surface area contributed by atoms with Crippen molar-refractivity contribution >= 4 is 9.52 Å². The monoisotopic (exact) mass is 190 g/mol. The number of alkyl halides is 5. The zero-order valence-electron chi connectivity index (χ0n) is 5.80. The molecule has 0 unspecified atom stereocenters. The molecule has 0 aliphatic heterocycles. The van der Waals surface area contributed by atoms with Crippen LogP contribution in [0, 0.1) is 0 Å². The summed E-state index contributed by atoms with van der Waals surface area (Å²) in [6.07, 6.45) is -6.47. The Morgan fingerprint density at radius 2 is 1.55 bits per heavy atom. The van der Waals surface area contributed by atoms with E-state index in [9.17, 15) is 22.0 Å². The standard InChI is InChI=1S/C5H7F5Si/c1-11-3-2-4(6,7)5(8,9)10/h2-3H2,1H3. The van der Waals surface area contributed by atoms with Crippen LogP contribution >= 0.6 is 0 Å². The molecule has 0 aromatic carbocycles. The van der Waals surface area contributed by atoms with E-state index in [1.807, 2.05) is 0 Å². The van der Waals surface area contributed by atoms with Crippen molar-refractivity contribution in [1.29, 1.82) is 0 Å². The van der Waals surface area contributed by atoms with Gasteiger partial charge in [-0.25, -0.2) is 0 Å². The Balaban J connectivity index is 4.00. The molecule has 0 aliphatic carbocycles. The summed E-state index contributed by atoms with van der Waals surface area (Å²) in [5.41, 5.74) is 0. The predicted molar refractivity (Wildman–Crippen MR) is 32.0 cm³/mol. The van der Waals surface area contributed by atoms with E-state index in [0.29, 0.717) is 0 Å². The normalized spacial score (nSPS) is 13.6. The van der Waals surface area contributed by atoms with E-state index in [1.54, 1.807) is 6.55 Å². The molecule has 0 atom stereocenters.